The fourth-order valence-corrected chi connectivity index (χ4v) is 2.80. The van der Waals surface area contributed by atoms with Crippen LogP contribution in [-0.2, 0) is 6.54 Å². The third kappa shape index (κ3) is 3.55. The molecule has 0 aromatic heterocycles. The minimum atomic E-state index is -0.777. The van der Waals surface area contributed by atoms with Crippen LogP contribution in [-0.4, -0.2) is 30.1 Å². The largest absolute Gasteiger partial charge is 0.311 e. The molecule has 2 rings (SSSR count). The van der Waals surface area contributed by atoms with Gasteiger partial charge in [-0.25, -0.2) is 8.78 Å². The van der Waals surface area contributed by atoms with Crippen LogP contribution in [0.25, 0.3) is 0 Å². The molecular weight excluding hydrogens is 258 g/mol. The zero-order valence-corrected chi connectivity index (χ0v) is 12.5. The summed E-state index contributed by atoms with van der Waals surface area (Å²) in [7, 11) is 0. The highest BCUT2D eigenvalue weighted by molar-refractivity contribution is 5.18. The van der Waals surface area contributed by atoms with E-state index in [0.717, 1.165) is 25.1 Å². The number of nitrogens with one attached hydrogen (secondary N) is 1. The van der Waals surface area contributed by atoms with E-state index in [-0.39, 0.29) is 0 Å². The van der Waals surface area contributed by atoms with E-state index >= 15 is 0 Å². The number of rotatable bonds is 4. The van der Waals surface area contributed by atoms with Gasteiger partial charge in [-0.05, 0) is 30.0 Å². The van der Waals surface area contributed by atoms with Crippen LogP contribution in [0, 0.1) is 17.6 Å². The number of halogens is 2. The maximum absolute atomic E-state index is 13.3. The monoisotopic (exact) mass is 282 g/mol. The lowest BCUT2D eigenvalue weighted by molar-refractivity contribution is 0.103. The van der Waals surface area contributed by atoms with Crippen LogP contribution in [0.3, 0.4) is 0 Å². The van der Waals surface area contributed by atoms with Gasteiger partial charge in [0.1, 0.15) is 0 Å². The van der Waals surface area contributed by atoms with Crippen molar-refractivity contribution in [1.82, 2.24) is 10.2 Å². The van der Waals surface area contributed by atoms with Gasteiger partial charge in [-0.15, -0.1) is 0 Å². The van der Waals surface area contributed by atoms with Crippen LogP contribution in [0.2, 0.25) is 0 Å². The third-order valence-corrected chi connectivity index (χ3v) is 4.21. The molecule has 4 heteroatoms. The summed E-state index contributed by atoms with van der Waals surface area (Å²) in [6, 6.07) is 5.13. The van der Waals surface area contributed by atoms with E-state index in [1.165, 1.54) is 12.1 Å². The van der Waals surface area contributed by atoms with Crippen molar-refractivity contribution in [3.8, 4) is 0 Å². The second-order valence-electron chi connectivity index (χ2n) is 6.00. The van der Waals surface area contributed by atoms with Gasteiger partial charge in [0.15, 0.2) is 11.6 Å². The van der Waals surface area contributed by atoms with Crippen molar-refractivity contribution in [1.29, 1.82) is 0 Å². The van der Waals surface area contributed by atoms with Gasteiger partial charge in [-0.1, -0.05) is 26.8 Å². The summed E-state index contributed by atoms with van der Waals surface area (Å²) in [5.41, 5.74) is 0.840. The van der Waals surface area contributed by atoms with Gasteiger partial charge in [0.25, 0.3) is 0 Å². The average molecular weight is 282 g/mol. The number of piperazine rings is 1. The molecule has 0 saturated carbocycles. The van der Waals surface area contributed by atoms with Crippen LogP contribution in [0.4, 0.5) is 8.78 Å². The Morgan fingerprint density at radius 1 is 1.30 bits per heavy atom. The van der Waals surface area contributed by atoms with Crippen molar-refractivity contribution in [3.05, 3.63) is 35.4 Å². The Morgan fingerprint density at radius 2 is 2.05 bits per heavy atom. The highest BCUT2D eigenvalue weighted by Crippen LogP contribution is 2.19. The predicted octanol–water partition coefficient (Wildman–Crippen LogP) is 3.17. The summed E-state index contributed by atoms with van der Waals surface area (Å²) in [6.07, 6.45) is 1.06. The molecule has 112 valence electrons. The Hall–Kier alpha value is -1.00. The Morgan fingerprint density at radius 3 is 2.65 bits per heavy atom. The summed E-state index contributed by atoms with van der Waals surface area (Å²) in [5.74, 6) is -0.965. The summed E-state index contributed by atoms with van der Waals surface area (Å²) in [4.78, 5) is 2.38. The van der Waals surface area contributed by atoms with Crippen LogP contribution >= 0.6 is 0 Å². The molecule has 1 aliphatic heterocycles. The number of hydrogen-bond acceptors (Lipinski definition) is 2. The van der Waals surface area contributed by atoms with E-state index < -0.39 is 11.6 Å². The molecule has 1 N–H and O–H groups in total. The van der Waals surface area contributed by atoms with Crippen molar-refractivity contribution in [3.63, 3.8) is 0 Å². The van der Waals surface area contributed by atoms with Crippen molar-refractivity contribution in [2.45, 2.75) is 45.8 Å². The van der Waals surface area contributed by atoms with Gasteiger partial charge in [0.05, 0.1) is 0 Å². The third-order valence-electron chi connectivity index (χ3n) is 4.21. The molecule has 1 aromatic rings. The number of nitrogens with zero attached hydrogens (tertiary/aromatic N) is 1. The first kappa shape index (κ1) is 15.4. The molecule has 2 unspecified atom stereocenters. The lowest BCUT2D eigenvalue weighted by Gasteiger charge is -2.41. The molecule has 1 fully saturated rings. The molecule has 0 amide bonds. The molecule has 1 aliphatic rings. The average Bonchev–Trinajstić information content (AvgIpc) is 2.42. The van der Waals surface area contributed by atoms with Crippen molar-refractivity contribution in [2.75, 3.05) is 13.1 Å². The zero-order valence-electron chi connectivity index (χ0n) is 12.5. The van der Waals surface area contributed by atoms with E-state index in [1.54, 1.807) is 6.07 Å². The van der Waals surface area contributed by atoms with E-state index in [2.05, 4.69) is 31.0 Å². The SMILES string of the molecule is CCC1CNC(C(C)C)CN1Cc1ccc(F)c(F)c1. The highest BCUT2D eigenvalue weighted by atomic mass is 19.2. The molecule has 1 heterocycles. The first-order valence-electron chi connectivity index (χ1n) is 7.42. The van der Waals surface area contributed by atoms with Gasteiger partial charge in [-0.3, -0.25) is 4.90 Å². The smallest absolute Gasteiger partial charge is 0.159 e. The summed E-state index contributed by atoms with van der Waals surface area (Å²) >= 11 is 0. The molecule has 0 bridgehead atoms. The van der Waals surface area contributed by atoms with E-state index in [1.807, 2.05) is 0 Å². The second kappa shape index (κ2) is 6.64. The lowest BCUT2D eigenvalue weighted by atomic mass is 9.98. The molecule has 2 atom stereocenters. The lowest BCUT2D eigenvalue weighted by Crippen LogP contribution is -2.57. The first-order valence-corrected chi connectivity index (χ1v) is 7.42. The molecule has 20 heavy (non-hydrogen) atoms. The first-order chi connectivity index (χ1) is 9.51. The molecule has 0 spiro atoms. The Balaban J connectivity index is 2.09. The van der Waals surface area contributed by atoms with E-state index in [9.17, 15) is 8.78 Å². The topological polar surface area (TPSA) is 15.3 Å². The number of hydrogen-bond donors (Lipinski definition) is 1. The summed E-state index contributed by atoms with van der Waals surface area (Å²) < 4.78 is 26.3. The van der Waals surface area contributed by atoms with Gasteiger partial charge in [-0.2, -0.15) is 0 Å². The van der Waals surface area contributed by atoms with Gasteiger partial charge < -0.3 is 5.32 Å². The Kier molecular flexibility index (Phi) is 5.11. The van der Waals surface area contributed by atoms with Gasteiger partial charge >= 0.3 is 0 Å². The fraction of sp³-hybridized carbons (Fsp3) is 0.625. The maximum Gasteiger partial charge on any atom is 0.159 e. The van der Waals surface area contributed by atoms with Crippen LogP contribution in [0.1, 0.15) is 32.8 Å². The fourth-order valence-electron chi connectivity index (χ4n) is 2.80. The van der Waals surface area contributed by atoms with Crippen molar-refractivity contribution < 1.29 is 8.78 Å². The van der Waals surface area contributed by atoms with Gasteiger partial charge in [0, 0.05) is 31.7 Å². The number of benzene rings is 1. The maximum atomic E-state index is 13.3. The van der Waals surface area contributed by atoms with Crippen molar-refractivity contribution >= 4 is 0 Å². The minimum absolute atomic E-state index is 0.457. The Labute approximate surface area is 120 Å². The molecule has 1 saturated heterocycles. The summed E-state index contributed by atoms with van der Waals surface area (Å²) in [6.45, 7) is 9.18. The zero-order chi connectivity index (χ0) is 14.7. The van der Waals surface area contributed by atoms with E-state index in [0.29, 0.717) is 24.5 Å². The molecule has 1 aromatic carbocycles. The van der Waals surface area contributed by atoms with Crippen molar-refractivity contribution in [2.24, 2.45) is 5.92 Å². The van der Waals surface area contributed by atoms with Crippen LogP contribution in [0.5, 0.6) is 0 Å². The molecule has 0 aliphatic carbocycles. The van der Waals surface area contributed by atoms with Crippen LogP contribution < -0.4 is 5.32 Å². The van der Waals surface area contributed by atoms with Crippen LogP contribution in [0.15, 0.2) is 18.2 Å². The standard InChI is InChI=1S/C16H24F2N2/c1-4-13-8-19-16(11(2)3)10-20(13)9-12-5-6-14(17)15(18)7-12/h5-7,11,13,16,19H,4,8-10H2,1-3H3. The highest BCUT2D eigenvalue weighted by Gasteiger charge is 2.28. The molecule has 0 radical (unpaired) electrons. The van der Waals surface area contributed by atoms with Gasteiger partial charge in [0.2, 0.25) is 0 Å². The Bertz CT molecular complexity index is 448. The molecule has 2 nitrogen and oxygen atoms in total. The second-order valence-corrected chi connectivity index (χ2v) is 6.00. The van der Waals surface area contributed by atoms with E-state index in [4.69, 9.17) is 0 Å². The normalized spacial score (nSPS) is 24.3. The summed E-state index contributed by atoms with van der Waals surface area (Å²) in [5, 5.41) is 3.58. The quantitative estimate of drug-likeness (QED) is 0.912. The predicted molar refractivity (Wildman–Crippen MR) is 77.5 cm³/mol. The molecular formula is C16H24F2N2. The minimum Gasteiger partial charge on any atom is -0.311 e.